The lowest BCUT2D eigenvalue weighted by atomic mass is 10.00. The maximum atomic E-state index is 10.5. The average Bonchev–Trinajstić information content (AvgIpc) is 2.36. The van der Waals surface area contributed by atoms with Crippen LogP contribution in [0.5, 0.6) is 11.5 Å². The minimum Gasteiger partial charge on any atom is -0.503 e. The number of phenolic OH excluding ortho intramolecular Hbond substituents is 1. The van der Waals surface area contributed by atoms with Crippen molar-refractivity contribution in [1.29, 1.82) is 5.26 Å². The summed E-state index contributed by atoms with van der Waals surface area (Å²) in [5.74, 6) is -1.03. The second-order valence-electron chi connectivity index (χ2n) is 3.77. The number of nitrogens with two attached hydrogens (primary N) is 1. The molecule has 18 heavy (non-hydrogen) atoms. The van der Waals surface area contributed by atoms with Crippen molar-refractivity contribution in [2.75, 3.05) is 7.11 Å². The summed E-state index contributed by atoms with van der Waals surface area (Å²) in [4.78, 5) is 10.5. The molecule has 0 radical (unpaired) electrons. The van der Waals surface area contributed by atoms with Gasteiger partial charge in [-0.1, -0.05) is 0 Å². The van der Waals surface area contributed by atoms with Crippen LogP contribution in [0.15, 0.2) is 12.1 Å². The van der Waals surface area contributed by atoms with E-state index in [1.54, 1.807) is 0 Å². The summed E-state index contributed by atoms with van der Waals surface area (Å²) >= 11 is 0. The predicted octanol–water partition coefficient (Wildman–Crippen LogP) is 1.14. The molecule has 0 aliphatic carbocycles. The van der Waals surface area contributed by atoms with E-state index in [1.807, 2.05) is 6.07 Å². The van der Waals surface area contributed by atoms with Crippen molar-refractivity contribution in [2.24, 2.45) is 5.73 Å². The molecule has 1 aromatic carbocycles. The molecule has 0 aliphatic rings. The number of nitriles is 1. The van der Waals surface area contributed by atoms with Crippen LogP contribution < -0.4 is 10.5 Å². The fourth-order valence-electron chi connectivity index (χ4n) is 1.53. The van der Waals surface area contributed by atoms with Gasteiger partial charge in [0.25, 0.3) is 0 Å². The van der Waals surface area contributed by atoms with E-state index in [2.05, 4.69) is 0 Å². The summed E-state index contributed by atoms with van der Waals surface area (Å²) in [6.45, 7) is 0. The third-order valence-corrected chi connectivity index (χ3v) is 2.54. The van der Waals surface area contributed by atoms with E-state index in [0.29, 0.717) is 5.56 Å². The van der Waals surface area contributed by atoms with Crippen LogP contribution >= 0.6 is 0 Å². The number of hydrogen-bond donors (Lipinski definition) is 3. The molecule has 1 aromatic rings. The molecule has 0 amide bonds. The number of carboxylic acid groups (broad SMARTS) is 1. The van der Waals surface area contributed by atoms with Gasteiger partial charge in [0.15, 0.2) is 11.5 Å². The Morgan fingerprint density at radius 1 is 1.61 bits per heavy atom. The lowest BCUT2D eigenvalue weighted by molar-refractivity contribution is -0.137. The molecule has 1 atom stereocenters. The summed E-state index contributed by atoms with van der Waals surface area (Å²) in [5.41, 5.74) is 6.44. The largest absolute Gasteiger partial charge is 0.503 e. The van der Waals surface area contributed by atoms with Gasteiger partial charge in [-0.25, -0.2) is 0 Å². The van der Waals surface area contributed by atoms with E-state index in [0.717, 1.165) is 0 Å². The molecule has 4 N–H and O–H groups in total. The summed E-state index contributed by atoms with van der Waals surface area (Å²) in [5, 5.41) is 27.1. The third-order valence-electron chi connectivity index (χ3n) is 2.54. The normalized spacial score (nSPS) is 11.6. The van der Waals surface area contributed by atoms with Gasteiger partial charge in [-0.3, -0.25) is 4.79 Å². The number of phenols is 1. The Bertz CT molecular complexity index is 494. The maximum absolute atomic E-state index is 10.5. The van der Waals surface area contributed by atoms with Gasteiger partial charge in [0.1, 0.15) is 6.07 Å². The monoisotopic (exact) mass is 250 g/mol. The molecule has 1 unspecified atom stereocenters. The number of benzene rings is 1. The van der Waals surface area contributed by atoms with Crippen LogP contribution in [-0.4, -0.2) is 23.3 Å². The maximum Gasteiger partial charge on any atom is 0.303 e. The van der Waals surface area contributed by atoms with Crippen molar-refractivity contribution in [3.8, 4) is 17.6 Å². The quantitative estimate of drug-likeness (QED) is 0.721. The summed E-state index contributed by atoms with van der Waals surface area (Å²) in [7, 11) is 1.36. The van der Waals surface area contributed by atoms with E-state index in [9.17, 15) is 9.90 Å². The van der Waals surface area contributed by atoms with Gasteiger partial charge in [0.05, 0.1) is 12.7 Å². The van der Waals surface area contributed by atoms with Crippen LogP contribution in [0.3, 0.4) is 0 Å². The van der Waals surface area contributed by atoms with Gasteiger partial charge in [0.2, 0.25) is 0 Å². The second kappa shape index (κ2) is 5.89. The SMILES string of the molecule is COc1cc(C(N)CCC(=O)O)cc(C#N)c1O. The molecule has 6 heteroatoms. The van der Waals surface area contributed by atoms with Gasteiger partial charge in [-0.05, 0) is 24.1 Å². The molecule has 0 aliphatic heterocycles. The van der Waals surface area contributed by atoms with Gasteiger partial charge >= 0.3 is 5.97 Å². The average molecular weight is 250 g/mol. The number of hydrogen-bond acceptors (Lipinski definition) is 5. The molecule has 0 saturated carbocycles. The number of aliphatic carboxylic acids is 1. The minimum atomic E-state index is -0.934. The highest BCUT2D eigenvalue weighted by atomic mass is 16.5. The highest BCUT2D eigenvalue weighted by Gasteiger charge is 2.15. The van der Waals surface area contributed by atoms with Crippen molar-refractivity contribution in [3.63, 3.8) is 0 Å². The van der Waals surface area contributed by atoms with Gasteiger partial charge in [-0.15, -0.1) is 0 Å². The predicted molar refractivity (Wildman–Crippen MR) is 63.2 cm³/mol. The van der Waals surface area contributed by atoms with Crippen LogP contribution in [-0.2, 0) is 4.79 Å². The fraction of sp³-hybridized carbons (Fsp3) is 0.333. The first-order valence-corrected chi connectivity index (χ1v) is 5.28. The smallest absolute Gasteiger partial charge is 0.303 e. The van der Waals surface area contributed by atoms with Crippen molar-refractivity contribution in [3.05, 3.63) is 23.3 Å². The standard InChI is InChI=1S/C12H14N2O4/c1-18-10-5-7(4-8(6-13)12(10)17)9(14)2-3-11(15)16/h4-5,9,17H,2-3,14H2,1H3,(H,15,16). The van der Waals surface area contributed by atoms with E-state index < -0.39 is 12.0 Å². The van der Waals surface area contributed by atoms with E-state index in [-0.39, 0.29) is 29.9 Å². The van der Waals surface area contributed by atoms with Crippen LogP contribution in [0.4, 0.5) is 0 Å². The number of nitrogens with zero attached hydrogens (tertiary/aromatic N) is 1. The lowest BCUT2D eigenvalue weighted by Crippen LogP contribution is -2.12. The summed E-state index contributed by atoms with van der Waals surface area (Å²) in [6.07, 6.45) is 0.181. The Balaban J connectivity index is 3.02. The molecular formula is C12H14N2O4. The first-order chi connectivity index (χ1) is 8.49. The number of aromatic hydroxyl groups is 1. The molecule has 0 aromatic heterocycles. The van der Waals surface area contributed by atoms with E-state index >= 15 is 0 Å². The zero-order valence-electron chi connectivity index (χ0n) is 9.88. The zero-order chi connectivity index (χ0) is 13.7. The van der Waals surface area contributed by atoms with Crippen molar-refractivity contribution in [2.45, 2.75) is 18.9 Å². The zero-order valence-corrected chi connectivity index (χ0v) is 9.88. The van der Waals surface area contributed by atoms with E-state index in [1.165, 1.54) is 19.2 Å². The Kier molecular flexibility index (Phi) is 4.52. The molecule has 0 fully saturated rings. The van der Waals surface area contributed by atoms with E-state index in [4.69, 9.17) is 20.8 Å². The van der Waals surface area contributed by atoms with Crippen LogP contribution in [0.25, 0.3) is 0 Å². The molecule has 0 spiro atoms. The molecule has 1 rings (SSSR count). The van der Waals surface area contributed by atoms with Crippen LogP contribution in [0.1, 0.15) is 30.0 Å². The first-order valence-electron chi connectivity index (χ1n) is 5.28. The van der Waals surface area contributed by atoms with Crippen molar-refractivity contribution >= 4 is 5.97 Å². The van der Waals surface area contributed by atoms with Crippen LogP contribution in [0, 0.1) is 11.3 Å². The highest BCUT2D eigenvalue weighted by molar-refractivity contribution is 5.66. The molecule has 0 bridgehead atoms. The Morgan fingerprint density at radius 2 is 2.28 bits per heavy atom. The summed E-state index contributed by atoms with van der Waals surface area (Å²) < 4.78 is 4.93. The first kappa shape index (κ1) is 13.8. The Labute approximate surface area is 104 Å². The molecule has 96 valence electrons. The van der Waals surface area contributed by atoms with Gasteiger partial charge < -0.3 is 20.7 Å². The van der Waals surface area contributed by atoms with Gasteiger partial charge in [0, 0.05) is 12.5 Å². The lowest BCUT2D eigenvalue weighted by Gasteiger charge is -2.13. The molecular weight excluding hydrogens is 236 g/mol. The Morgan fingerprint density at radius 3 is 2.78 bits per heavy atom. The number of rotatable bonds is 5. The number of carboxylic acids is 1. The number of methoxy groups -OCH3 is 1. The second-order valence-corrected chi connectivity index (χ2v) is 3.77. The van der Waals surface area contributed by atoms with Crippen molar-refractivity contribution in [1.82, 2.24) is 0 Å². The molecule has 0 saturated heterocycles. The minimum absolute atomic E-state index is 0.0510. The number of ether oxygens (including phenoxy) is 1. The fourth-order valence-corrected chi connectivity index (χ4v) is 1.53. The molecule has 0 heterocycles. The van der Waals surface area contributed by atoms with Crippen LogP contribution in [0.2, 0.25) is 0 Å². The topological polar surface area (TPSA) is 117 Å². The molecule has 6 nitrogen and oxygen atoms in total. The van der Waals surface area contributed by atoms with Crippen molar-refractivity contribution < 1.29 is 19.7 Å². The van der Waals surface area contributed by atoms with Gasteiger partial charge in [-0.2, -0.15) is 5.26 Å². The Hall–Kier alpha value is -2.26. The third kappa shape index (κ3) is 3.12. The highest BCUT2D eigenvalue weighted by Crippen LogP contribution is 2.33. The summed E-state index contributed by atoms with van der Waals surface area (Å²) in [6, 6.07) is 4.24. The number of carbonyl (C=O) groups is 1.